The summed E-state index contributed by atoms with van der Waals surface area (Å²) < 4.78 is 5.17. The molecule has 0 aliphatic heterocycles. The van der Waals surface area contributed by atoms with Gasteiger partial charge in [0.25, 0.3) is 0 Å². The lowest BCUT2D eigenvalue weighted by atomic mass is 9.93. The molecule has 2 unspecified atom stereocenters. The van der Waals surface area contributed by atoms with Crippen LogP contribution >= 0.6 is 9.24 Å². The largest absolute Gasteiger partial charge is 0.497 e. The van der Waals surface area contributed by atoms with Gasteiger partial charge in [-0.15, -0.1) is 9.24 Å². The van der Waals surface area contributed by atoms with Crippen molar-refractivity contribution in [1.29, 1.82) is 0 Å². The van der Waals surface area contributed by atoms with Gasteiger partial charge in [0, 0.05) is 5.92 Å². The predicted octanol–water partition coefficient (Wildman–Crippen LogP) is 3.89. The van der Waals surface area contributed by atoms with Gasteiger partial charge in [0.05, 0.1) is 7.11 Å². The van der Waals surface area contributed by atoms with Crippen LogP contribution in [0.5, 0.6) is 5.75 Å². The molecule has 2 rings (SSSR count). The summed E-state index contributed by atoms with van der Waals surface area (Å²) in [6, 6.07) is 8.33. The van der Waals surface area contributed by atoms with Crippen molar-refractivity contribution < 1.29 is 4.74 Å². The number of methoxy groups -OCH3 is 1. The first-order valence-electron chi connectivity index (χ1n) is 5.42. The van der Waals surface area contributed by atoms with Crippen LogP contribution in [0, 0.1) is 0 Å². The average molecular weight is 232 g/mol. The second-order valence-corrected chi connectivity index (χ2v) is 4.88. The molecule has 1 aromatic rings. The minimum absolute atomic E-state index is 0.427. The molecule has 16 heavy (non-hydrogen) atoms. The Morgan fingerprint density at radius 3 is 2.19 bits per heavy atom. The van der Waals surface area contributed by atoms with Crippen molar-refractivity contribution in [3.63, 3.8) is 0 Å². The number of ether oxygens (including phenoxy) is 1. The summed E-state index contributed by atoms with van der Waals surface area (Å²) in [5.41, 5.74) is 4.15. The third-order valence-corrected chi connectivity index (χ3v) is 3.72. The first kappa shape index (κ1) is 11.4. The van der Waals surface area contributed by atoms with Crippen molar-refractivity contribution in [1.82, 2.24) is 0 Å². The molecule has 0 aromatic heterocycles. The van der Waals surface area contributed by atoms with E-state index in [2.05, 4.69) is 41.3 Å². The third kappa shape index (κ3) is 1.92. The molecule has 0 saturated heterocycles. The Bertz CT molecular complexity index is 454. The minimum atomic E-state index is 0.427. The van der Waals surface area contributed by atoms with Gasteiger partial charge in [-0.2, -0.15) is 0 Å². The Kier molecular flexibility index (Phi) is 3.16. The summed E-state index contributed by atoms with van der Waals surface area (Å²) in [5.74, 6) is 1.34. The van der Waals surface area contributed by atoms with Crippen molar-refractivity contribution >= 4 is 9.24 Å². The molecule has 0 amide bonds. The van der Waals surface area contributed by atoms with Crippen LogP contribution in [0.4, 0.5) is 0 Å². The van der Waals surface area contributed by atoms with E-state index < -0.39 is 0 Å². The highest BCUT2D eigenvalue weighted by Gasteiger charge is 2.21. The summed E-state index contributed by atoms with van der Waals surface area (Å²) >= 11 is 0. The molecule has 0 spiro atoms. The van der Waals surface area contributed by atoms with Crippen molar-refractivity contribution in [3.05, 3.63) is 52.4 Å². The van der Waals surface area contributed by atoms with Gasteiger partial charge >= 0.3 is 0 Å². The van der Waals surface area contributed by atoms with Crippen LogP contribution in [-0.4, -0.2) is 7.11 Å². The molecule has 1 aliphatic rings. The van der Waals surface area contributed by atoms with Gasteiger partial charge in [-0.1, -0.05) is 29.4 Å². The highest BCUT2D eigenvalue weighted by molar-refractivity contribution is 7.22. The summed E-state index contributed by atoms with van der Waals surface area (Å²) in [5, 5.41) is 1.35. The summed E-state index contributed by atoms with van der Waals surface area (Å²) in [6.45, 7) is 4.38. The average Bonchev–Trinajstić information content (AvgIpc) is 2.54. The fourth-order valence-electron chi connectivity index (χ4n) is 2.16. The van der Waals surface area contributed by atoms with E-state index in [1.54, 1.807) is 7.11 Å². The molecule has 0 saturated carbocycles. The predicted molar refractivity (Wildman–Crippen MR) is 71.9 cm³/mol. The lowest BCUT2D eigenvalue weighted by molar-refractivity contribution is 0.414. The van der Waals surface area contributed by atoms with E-state index in [-0.39, 0.29) is 0 Å². The zero-order chi connectivity index (χ0) is 11.7. The van der Waals surface area contributed by atoms with E-state index in [1.807, 2.05) is 12.1 Å². The quantitative estimate of drug-likeness (QED) is 0.703. The van der Waals surface area contributed by atoms with E-state index in [9.17, 15) is 0 Å². The maximum Gasteiger partial charge on any atom is 0.118 e. The molecule has 0 bridgehead atoms. The Labute approximate surface area is 99.4 Å². The van der Waals surface area contributed by atoms with E-state index in [1.165, 1.54) is 22.0 Å². The molecule has 1 nitrogen and oxygen atoms in total. The highest BCUT2D eigenvalue weighted by atomic mass is 31.0. The van der Waals surface area contributed by atoms with Crippen molar-refractivity contribution in [3.8, 4) is 5.75 Å². The number of hydrogen-bond donors (Lipinski definition) is 0. The van der Waals surface area contributed by atoms with Gasteiger partial charge < -0.3 is 4.74 Å². The monoisotopic (exact) mass is 232 g/mol. The smallest absolute Gasteiger partial charge is 0.118 e. The summed E-state index contributed by atoms with van der Waals surface area (Å²) in [7, 11) is 4.54. The first-order chi connectivity index (χ1) is 7.63. The van der Waals surface area contributed by atoms with Crippen molar-refractivity contribution in [2.75, 3.05) is 7.11 Å². The lowest BCUT2D eigenvalue weighted by Crippen LogP contribution is -1.97. The second-order valence-electron chi connectivity index (χ2n) is 4.22. The fourth-order valence-corrected chi connectivity index (χ4v) is 2.86. The Morgan fingerprint density at radius 1 is 1.12 bits per heavy atom. The maximum absolute atomic E-state index is 5.17. The molecule has 84 valence electrons. The van der Waals surface area contributed by atoms with Crippen LogP contribution < -0.4 is 4.74 Å². The van der Waals surface area contributed by atoms with E-state index in [4.69, 9.17) is 4.74 Å². The van der Waals surface area contributed by atoms with Crippen molar-refractivity contribution in [2.24, 2.45) is 0 Å². The molecular formula is C14H17OP. The zero-order valence-electron chi connectivity index (χ0n) is 9.95. The summed E-state index contributed by atoms with van der Waals surface area (Å²) in [4.78, 5) is 0. The molecule has 1 aliphatic carbocycles. The lowest BCUT2D eigenvalue weighted by Gasteiger charge is -2.15. The summed E-state index contributed by atoms with van der Waals surface area (Å²) in [6.07, 6.45) is 2.24. The molecule has 0 fully saturated rings. The topological polar surface area (TPSA) is 9.23 Å². The molecule has 2 heteroatoms. The standard InChI is InChI=1S/C14H17OP/c1-9-8-13(16)14(10(9)2)11-4-6-12(15-3)7-5-11/h4-8,14H,16H2,1-3H3. The van der Waals surface area contributed by atoms with Gasteiger partial charge in [-0.05, 0) is 36.9 Å². The first-order valence-corrected chi connectivity index (χ1v) is 5.99. The molecular weight excluding hydrogens is 215 g/mol. The molecule has 0 radical (unpaired) electrons. The number of benzene rings is 1. The molecule has 1 aromatic carbocycles. The highest BCUT2D eigenvalue weighted by Crippen LogP contribution is 2.42. The number of rotatable bonds is 2. The molecule has 0 N–H and O–H groups in total. The van der Waals surface area contributed by atoms with Crippen LogP contribution in [0.3, 0.4) is 0 Å². The SMILES string of the molecule is COc1ccc(C2C(P)=CC(C)=C2C)cc1. The minimum Gasteiger partial charge on any atom is -0.497 e. The Balaban J connectivity index is 2.35. The van der Waals surface area contributed by atoms with Crippen LogP contribution in [0.1, 0.15) is 25.3 Å². The van der Waals surface area contributed by atoms with Gasteiger partial charge in [0.2, 0.25) is 0 Å². The van der Waals surface area contributed by atoms with E-state index in [0.717, 1.165) is 5.75 Å². The normalized spacial score (nSPS) is 20.0. The van der Waals surface area contributed by atoms with E-state index in [0.29, 0.717) is 5.92 Å². The maximum atomic E-state index is 5.17. The van der Waals surface area contributed by atoms with Gasteiger partial charge in [0.1, 0.15) is 5.75 Å². The van der Waals surface area contributed by atoms with Gasteiger partial charge in [-0.25, -0.2) is 0 Å². The van der Waals surface area contributed by atoms with Crippen LogP contribution in [0.2, 0.25) is 0 Å². The zero-order valence-corrected chi connectivity index (χ0v) is 11.1. The molecule has 2 atom stereocenters. The Hall–Kier alpha value is -1.07. The third-order valence-electron chi connectivity index (χ3n) is 3.22. The Morgan fingerprint density at radius 2 is 1.75 bits per heavy atom. The van der Waals surface area contributed by atoms with Crippen LogP contribution in [0.25, 0.3) is 0 Å². The number of allylic oxidation sites excluding steroid dienone is 4. The molecule has 0 heterocycles. The van der Waals surface area contributed by atoms with Gasteiger partial charge in [-0.3, -0.25) is 0 Å². The van der Waals surface area contributed by atoms with E-state index >= 15 is 0 Å². The fraction of sp³-hybridized carbons (Fsp3) is 0.286. The second kappa shape index (κ2) is 4.43. The van der Waals surface area contributed by atoms with Gasteiger partial charge in [0.15, 0.2) is 0 Å². The number of hydrogen-bond acceptors (Lipinski definition) is 1. The van der Waals surface area contributed by atoms with Crippen molar-refractivity contribution in [2.45, 2.75) is 19.8 Å². The van der Waals surface area contributed by atoms with Crippen LogP contribution in [0.15, 0.2) is 46.8 Å². The van der Waals surface area contributed by atoms with Crippen LogP contribution in [-0.2, 0) is 0 Å².